The van der Waals surface area contributed by atoms with Gasteiger partial charge >= 0.3 is 0 Å². The van der Waals surface area contributed by atoms with Crippen LogP contribution in [0.15, 0.2) is 24.3 Å². The molecule has 0 unspecified atom stereocenters. The highest BCUT2D eigenvalue weighted by molar-refractivity contribution is 5.77. The predicted octanol–water partition coefficient (Wildman–Crippen LogP) is 1.64. The monoisotopic (exact) mass is 237 g/mol. The molecule has 0 aliphatic carbocycles. The third-order valence-corrected chi connectivity index (χ3v) is 2.30. The van der Waals surface area contributed by atoms with Crippen molar-refractivity contribution in [3.05, 3.63) is 29.8 Å². The fraction of sp³-hybridized carbons (Fsp3) is 0.462. The summed E-state index contributed by atoms with van der Waals surface area (Å²) in [4.78, 5) is 11.3. The van der Waals surface area contributed by atoms with Crippen molar-refractivity contribution in [3.63, 3.8) is 0 Å². The molecule has 0 heterocycles. The number of hydrogen-bond donors (Lipinski definition) is 2. The molecule has 0 spiro atoms. The third-order valence-electron chi connectivity index (χ3n) is 2.30. The molecule has 1 aromatic carbocycles. The summed E-state index contributed by atoms with van der Waals surface area (Å²) in [5, 5.41) is 12.1. The van der Waals surface area contributed by atoms with Gasteiger partial charge in [-0.1, -0.05) is 19.1 Å². The Bertz CT molecular complexity index is 346. The van der Waals surface area contributed by atoms with E-state index in [1.54, 1.807) is 31.2 Å². The largest absolute Gasteiger partial charge is 0.484 e. The van der Waals surface area contributed by atoms with Gasteiger partial charge in [-0.05, 0) is 31.0 Å². The van der Waals surface area contributed by atoms with Crippen LogP contribution in [-0.4, -0.2) is 24.2 Å². The molecule has 1 aromatic rings. The Morgan fingerprint density at radius 2 is 2.06 bits per heavy atom. The van der Waals surface area contributed by atoms with Crippen molar-refractivity contribution in [1.82, 2.24) is 5.32 Å². The molecule has 0 saturated heterocycles. The summed E-state index contributed by atoms with van der Waals surface area (Å²) in [5.74, 6) is 0.507. The first-order chi connectivity index (χ1) is 8.13. The van der Waals surface area contributed by atoms with Crippen LogP contribution in [0.5, 0.6) is 5.75 Å². The van der Waals surface area contributed by atoms with Crippen LogP contribution in [0.1, 0.15) is 31.9 Å². The van der Waals surface area contributed by atoms with E-state index < -0.39 is 6.10 Å². The van der Waals surface area contributed by atoms with E-state index in [0.29, 0.717) is 12.3 Å². The second-order valence-electron chi connectivity index (χ2n) is 3.88. The Morgan fingerprint density at radius 1 is 1.41 bits per heavy atom. The summed E-state index contributed by atoms with van der Waals surface area (Å²) < 4.78 is 5.31. The zero-order valence-corrected chi connectivity index (χ0v) is 10.3. The zero-order chi connectivity index (χ0) is 12.7. The van der Waals surface area contributed by atoms with Crippen molar-refractivity contribution in [1.29, 1.82) is 0 Å². The number of aliphatic hydroxyl groups is 1. The smallest absolute Gasteiger partial charge is 0.257 e. The topological polar surface area (TPSA) is 58.6 Å². The SMILES string of the molecule is CCCNC(=O)COc1ccc([C@@H](C)O)cc1. The number of rotatable bonds is 6. The summed E-state index contributed by atoms with van der Waals surface area (Å²) in [6, 6.07) is 7.05. The quantitative estimate of drug-likeness (QED) is 0.791. The molecule has 17 heavy (non-hydrogen) atoms. The van der Waals surface area contributed by atoms with Crippen LogP contribution < -0.4 is 10.1 Å². The van der Waals surface area contributed by atoms with Gasteiger partial charge < -0.3 is 15.2 Å². The molecule has 0 bridgehead atoms. The number of aliphatic hydroxyl groups excluding tert-OH is 1. The molecule has 0 aliphatic rings. The maximum Gasteiger partial charge on any atom is 0.257 e. The van der Waals surface area contributed by atoms with E-state index in [2.05, 4.69) is 5.32 Å². The lowest BCUT2D eigenvalue weighted by Crippen LogP contribution is -2.29. The minimum atomic E-state index is -0.489. The van der Waals surface area contributed by atoms with Crippen LogP contribution in [0.2, 0.25) is 0 Å². The number of amides is 1. The molecule has 0 aliphatic heterocycles. The average Bonchev–Trinajstić information content (AvgIpc) is 2.34. The van der Waals surface area contributed by atoms with Crippen LogP contribution >= 0.6 is 0 Å². The normalized spacial score (nSPS) is 11.9. The van der Waals surface area contributed by atoms with Gasteiger partial charge in [0.2, 0.25) is 0 Å². The predicted molar refractivity (Wildman–Crippen MR) is 65.9 cm³/mol. The first-order valence-electron chi connectivity index (χ1n) is 5.81. The first kappa shape index (κ1) is 13.5. The van der Waals surface area contributed by atoms with E-state index >= 15 is 0 Å². The van der Waals surface area contributed by atoms with E-state index in [1.807, 2.05) is 6.92 Å². The highest BCUT2D eigenvalue weighted by atomic mass is 16.5. The Kier molecular flexibility index (Phi) is 5.49. The fourth-order valence-corrected chi connectivity index (χ4v) is 1.31. The molecule has 4 heteroatoms. The van der Waals surface area contributed by atoms with Crippen LogP contribution in [0.3, 0.4) is 0 Å². The lowest BCUT2D eigenvalue weighted by molar-refractivity contribution is -0.123. The van der Waals surface area contributed by atoms with Gasteiger partial charge in [0.05, 0.1) is 6.10 Å². The van der Waals surface area contributed by atoms with E-state index in [1.165, 1.54) is 0 Å². The zero-order valence-electron chi connectivity index (χ0n) is 10.3. The maximum absolute atomic E-state index is 11.3. The van der Waals surface area contributed by atoms with Crippen molar-refractivity contribution in [2.45, 2.75) is 26.4 Å². The Balaban J connectivity index is 2.39. The molecule has 1 amide bonds. The van der Waals surface area contributed by atoms with Gasteiger partial charge in [0.25, 0.3) is 5.91 Å². The lowest BCUT2D eigenvalue weighted by atomic mass is 10.1. The molecular formula is C13H19NO3. The molecule has 4 nitrogen and oxygen atoms in total. The summed E-state index contributed by atoms with van der Waals surface area (Å²) in [7, 11) is 0. The molecule has 94 valence electrons. The highest BCUT2D eigenvalue weighted by Gasteiger charge is 2.03. The number of carbonyl (C=O) groups is 1. The van der Waals surface area contributed by atoms with Gasteiger partial charge in [0, 0.05) is 6.54 Å². The van der Waals surface area contributed by atoms with E-state index in [4.69, 9.17) is 4.74 Å². The van der Waals surface area contributed by atoms with Gasteiger partial charge in [0.15, 0.2) is 6.61 Å². The Hall–Kier alpha value is -1.55. The highest BCUT2D eigenvalue weighted by Crippen LogP contribution is 2.16. The van der Waals surface area contributed by atoms with E-state index in [0.717, 1.165) is 12.0 Å². The van der Waals surface area contributed by atoms with E-state index in [-0.39, 0.29) is 12.5 Å². The second-order valence-corrected chi connectivity index (χ2v) is 3.88. The standard InChI is InChI=1S/C13H19NO3/c1-3-8-14-13(16)9-17-12-6-4-11(5-7-12)10(2)15/h4-7,10,15H,3,8-9H2,1-2H3,(H,14,16)/t10-/m1/s1. The van der Waals surface area contributed by atoms with Gasteiger partial charge in [-0.3, -0.25) is 4.79 Å². The molecular weight excluding hydrogens is 218 g/mol. The van der Waals surface area contributed by atoms with E-state index in [9.17, 15) is 9.90 Å². The van der Waals surface area contributed by atoms with Gasteiger partial charge in [0.1, 0.15) is 5.75 Å². The minimum Gasteiger partial charge on any atom is -0.484 e. The van der Waals surface area contributed by atoms with Crippen LogP contribution in [0, 0.1) is 0 Å². The Labute approximate surface area is 102 Å². The number of nitrogens with one attached hydrogen (secondary N) is 1. The van der Waals surface area contributed by atoms with Gasteiger partial charge in [-0.2, -0.15) is 0 Å². The van der Waals surface area contributed by atoms with Crippen LogP contribution in [0.25, 0.3) is 0 Å². The minimum absolute atomic E-state index is 0.0219. The number of benzene rings is 1. The van der Waals surface area contributed by atoms with Crippen molar-refractivity contribution in [2.75, 3.05) is 13.2 Å². The molecule has 0 aromatic heterocycles. The van der Waals surface area contributed by atoms with Gasteiger partial charge in [-0.25, -0.2) is 0 Å². The third kappa shape index (κ3) is 4.87. The lowest BCUT2D eigenvalue weighted by Gasteiger charge is -2.08. The number of hydrogen-bond acceptors (Lipinski definition) is 3. The molecule has 0 fully saturated rings. The maximum atomic E-state index is 11.3. The van der Waals surface area contributed by atoms with Crippen LogP contribution in [-0.2, 0) is 4.79 Å². The molecule has 1 rings (SSSR count). The van der Waals surface area contributed by atoms with Crippen molar-refractivity contribution < 1.29 is 14.6 Å². The molecule has 0 saturated carbocycles. The first-order valence-corrected chi connectivity index (χ1v) is 5.81. The van der Waals surface area contributed by atoms with Crippen LogP contribution in [0.4, 0.5) is 0 Å². The number of carbonyl (C=O) groups excluding carboxylic acids is 1. The number of ether oxygens (including phenoxy) is 1. The molecule has 1 atom stereocenters. The molecule has 0 radical (unpaired) electrons. The summed E-state index contributed by atoms with van der Waals surface area (Å²) in [6.45, 7) is 4.39. The van der Waals surface area contributed by atoms with Crippen molar-refractivity contribution in [3.8, 4) is 5.75 Å². The fourth-order valence-electron chi connectivity index (χ4n) is 1.31. The summed E-state index contributed by atoms with van der Waals surface area (Å²) in [5.41, 5.74) is 0.827. The second kappa shape index (κ2) is 6.91. The summed E-state index contributed by atoms with van der Waals surface area (Å²) >= 11 is 0. The average molecular weight is 237 g/mol. The van der Waals surface area contributed by atoms with Crippen molar-refractivity contribution >= 4 is 5.91 Å². The van der Waals surface area contributed by atoms with Gasteiger partial charge in [-0.15, -0.1) is 0 Å². The molecule has 2 N–H and O–H groups in total. The van der Waals surface area contributed by atoms with Crippen molar-refractivity contribution in [2.24, 2.45) is 0 Å². The Morgan fingerprint density at radius 3 is 2.59 bits per heavy atom. The summed E-state index contributed by atoms with van der Waals surface area (Å²) in [6.07, 6.45) is 0.423.